The smallest absolute Gasteiger partial charge is 0.257 e. The lowest BCUT2D eigenvalue weighted by Crippen LogP contribution is -2.09. The van der Waals surface area contributed by atoms with Crippen LogP contribution in [0.5, 0.6) is 0 Å². The van der Waals surface area contributed by atoms with Gasteiger partial charge in [0.1, 0.15) is 18.2 Å². The predicted octanol–water partition coefficient (Wildman–Crippen LogP) is 4.02. The summed E-state index contributed by atoms with van der Waals surface area (Å²) in [6, 6.07) is 1.55. The van der Waals surface area contributed by atoms with E-state index < -0.39 is 36.0 Å². The molecule has 2 aromatic heterocycles. The maximum Gasteiger partial charge on any atom is 0.257 e. The van der Waals surface area contributed by atoms with Crippen LogP contribution in [0.2, 0.25) is 0 Å². The molecule has 3 rings (SSSR count). The largest absolute Gasteiger partial charge is 0.365 e. The van der Waals surface area contributed by atoms with Crippen molar-refractivity contribution in [1.29, 1.82) is 0 Å². The quantitative estimate of drug-likeness (QED) is 0.465. The topological polar surface area (TPSA) is 67.7 Å². The monoisotopic (exact) mass is 398 g/mol. The molecule has 0 aliphatic rings. The van der Waals surface area contributed by atoms with Gasteiger partial charge in [-0.2, -0.15) is 10.1 Å². The Morgan fingerprint density at radius 2 is 1.86 bits per heavy atom. The van der Waals surface area contributed by atoms with Gasteiger partial charge in [0.25, 0.3) is 6.43 Å². The number of hydrogen-bond acceptors (Lipinski definition) is 5. The number of aryl methyl sites for hydroxylation is 1. The fraction of sp³-hybridized carbons (Fsp3) is 0.235. The van der Waals surface area contributed by atoms with Crippen molar-refractivity contribution in [1.82, 2.24) is 19.7 Å². The van der Waals surface area contributed by atoms with E-state index in [1.165, 1.54) is 18.6 Å². The molecule has 6 nitrogen and oxygen atoms in total. The van der Waals surface area contributed by atoms with Gasteiger partial charge in [-0.05, 0) is 19.1 Å². The van der Waals surface area contributed by atoms with Crippen LogP contribution in [0.15, 0.2) is 30.7 Å². The number of nitrogens with one attached hydrogen (secondary N) is 2. The molecule has 2 heterocycles. The molecule has 28 heavy (non-hydrogen) atoms. The zero-order chi connectivity index (χ0) is 20.3. The molecule has 0 radical (unpaired) electrons. The third kappa shape index (κ3) is 4.53. The minimum Gasteiger partial charge on any atom is -0.365 e. The van der Waals surface area contributed by atoms with E-state index >= 15 is 0 Å². The molecular formula is C17H15F5N6. The van der Waals surface area contributed by atoms with E-state index in [1.807, 2.05) is 0 Å². The number of nitrogens with zero attached hydrogens (tertiary/aromatic N) is 4. The van der Waals surface area contributed by atoms with Crippen LogP contribution in [-0.2, 0) is 13.1 Å². The van der Waals surface area contributed by atoms with Crippen molar-refractivity contribution in [3.05, 3.63) is 59.3 Å². The van der Waals surface area contributed by atoms with Gasteiger partial charge in [0.05, 0.1) is 11.9 Å². The SMILES string of the molecule is Cc1cnc(Nc2cnn(CC(F)F)c2)nc1NCc1c(F)ccc(F)c1F. The first-order valence-corrected chi connectivity index (χ1v) is 8.11. The van der Waals surface area contributed by atoms with Gasteiger partial charge in [0, 0.05) is 30.1 Å². The van der Waals surface area contributed by atoms with Gasteiger partial charge in [-0.3, -0.25) is 4.68 Å². The van der Waals surface area contributed by atoms with E-state index in [0.29, 0.717) is 17.3 Å². The summed E-state index contributed by atoms with van der Waals surface area (Å²) >= 11 is 0. The van der Waals surface area contributed by atoms with Crippen LogP contribution in [0.25, 0.3) is 0 Å². The summed E-state index contributed by atoms with van der Waals surface area (Å²) in [4.78, 5) is 8.23. The van der Waals surface area contributed by atoms with Gasteiger partial charge in [-0.25, -0.2) is 26.9 Å². The second-order valence-electron chi connectivity index (χ2n) is 5.87. The summed E-state index contributed by atoms with van der Waals surface area (Å²) in [5.41, 5.74) is 0.509. The number of anilines is 3. The van der Waals surface area contributed by atoms with Gasteiger partial charge in [-0.1, -0.05) is 0 Å². The number of alkyl halides is 2. The van der Waals surface area contributed by atoms with Crippen molar-refractivity contribution in [2.75, 3.05) is 10.6 Å². The highest BCUT2D eigenvalue weighted by molar-refractivity contribution is 5.54. The molecule has 11 heteroatoms. The van der Waals surface area contributed by atoms with Crippen molar-refractivity contribution in [3.8, 4) is 0 Å². The lowest BCUT2D eigenvalue weighted by atomic mass is 10.2. The first-order valence-electron chi connectivity index (χ1n) is 8.11. The average molecular weight is 398 g/mol. The third-order valence-electron chi connectivity index (χ3n) is 3.76. The highest BCUT2D eigenvalue weighted by Gasteiger charge is 2.14. The highest BCUT2D eigenvalue weighted by Crippen LogP contribution is 2.20. The van der Waals surface area contributed by atoms with Gasteiger partial charge in [0.15, 0.2) is 11.6 Å². The molecule has 0 saturated carbocycles. The summed E-state index contributed by atoms with van der Waals surface area (Å²) < 4.78 is 66.6. The minimum absolute atomic E-state index is 0.116. The Kier molecular flexibility index (Phi) is 5.71. The standard InChI is InChI=1S/C17H15F5N6/c1-9-4-24-17(26-10-5-25-28(7-10)8-14(20)21)27-16(9)23-6-11-12(18)2-3-13(19)15(11)22/h2-5,7,14H,6,8H2,1H3,(H2,23,24,26,27). The van der Waals surface area contributed by atoms with Crippen molar-refractivity contribution in [2.45, 2.75) is 26.4 Å². The van der Waals surface area contributed by atoms with E-state index in [1.54, 1.807) is 6.92 Å². The van der Waals surface area contributed by atoms with Gasteiger partial charge in [0.2, 0.25) is 5.95 Å². The van der Waals surface area contributed by atoms with Crippen molar-refractivity contribution in [2.24, 2.45) is 0 Å². The van der Waals surface area contributed by atoms with E-state index in [0.717, 1.165) is 10.7 Å². The van der Waals surface area contributed by atoms with E-state index in [2.05, 4.69) is 25.7 Å². The Bertz CT molecular complexity index is 975. The Morgan fingerprint density at radius 1 is 1.11 bits per heavy atom. The summed E-state index contributed by atoms with van der Waals surface area (Å²) in [5, 5.41) is 9.31. The molecule has 3 aromatic rings. The van der Waals surface area contributed by atoms with E-state index in [-0.39, 0.29) is 18.3 Å². The molecular weight excluding hydrogens is 383 g/mol. The lowest BCUT2D eigenvalue weighted by molar-refractivity contribution is 0.122. The fourth-order valence-corrected chi connectivity index (χ4v) is 2.38. The van der Waals surface area contributed by atoms with Crippen LogP contribution in [0, 0.1) is 24.4 Å². The van der Waals surface area contributed by atoms with E-state index in [9.17, 15) is 22.0 Å². The molecule has 0 aliphatic carbocycles. The molecule has 148 valence electrons. The zero-order valence-electron chi connectivity index (χ0n) is 14.6. The number of hydrogen-bond donors (Lipinski definition) is 2. The van der Waals surface area contributed by atoms with Crippen LogP contribution >= 0.6 is 0 Å². The summed E-state index contributed by atoms with van der Waals surface area (Å²) in [6.45, 7) is 0.790. The summed E-state index contributed by atoms with van der Waals surface area (Å²) in [7, 11) is 0. The Hall–Kier alpha value is -3.24. The third-order valence-corrected chi connectivity index (χ3v) is 3.76. The van der Waals surface area contributed by atoms with Crippen molar-refractivity contribution < 1.29 is 22.0 Å². The van der Waals surface area contributed by atoms with Crippen LogP contribution < -0.4 is 10.6 Å². The second kappa shape index (κ2) is 8.19. The normalized spacial score (nSPS) is 11.1. The van der Waals surface area contributed by atoms with Crippen LogP contribution in [-0.4, -0.2) is 26.2 Å². The average Bonchev–Trinajstić information content (AvgIpc) is 3.07. The number of benzene rings is 1. The molecule has 0 bridgehead atoms. The maximum atomic E-state index is 13.8. The molecule has 0 saturated heterocycles. The first-order chi connectivity index (χ1) is 13.3. The molecule has 0 amide bonds. The zero-order valence-corrected chi connectivity index (χ0v) is 14.6. The predicted molar refractivity (Wildman–Crippen MR) is 91.9 cm³/mol. The molecule has 0 atom stereocenters. The molecule has 0 aliphatic heterocycles. The molecule has 2 N–H and O–H groups in total. The molecule has 0 spiro atoms. The second-order valence-corrected chi connectivity index (χ2v) is 5.87. The first kappa shape index (κ1) is 19.5. The number of aromatic nitrogens is 4. The van der Waals surface area contributed by atoms with E-state index in [4.69, 9.17) is 0 Å². The van der Waals surface area contributed by atoms with Crippen LogP contribution in [0.4, 0.5) is 39.4 Å². The Morgan fingerprint density at radius 3 is 2.61 bits per heavy atom. The van der Waals surface area contributed by atoms with Gasteiger partial charge >= 0.3 is 0 Å². The fourth-order valence-electron chi connectivity index (χ4n) is 2.38. The number of rotatable bonds is 7. The molecule has 1 aromatic carbocycles. The van der Waals surface area contributed by atoms with Crippen LogP contribution in [0.1, 0.15) is 11.1 Å². The summed E-state index contributed by atoms with van der Waals surface area (Å²) in [6.07, 6.45) is 1.61. The Balaban J connectivity index is 1.73. The number of halogens is 5. The van der Waals surface area contributed by atoms with Crippen molar-refractivity contribution >= 4 is 17.5 Å². The minimum atomic E-state index is -2.54. The van der Waals surface area contributed by atoms with Gasteiger partial charge in [-0.15, -0.1) is 0 Å². The summed E-state index contributed by atoms with van der Waals surface area (Å²) in [5.74, 6) is -2.93. The molecule has 0 fully saturated rings. The lowest BCUT2D eigenvalue weighted by Gasteiger charge is -2.11. The highest BCUT2D eigenvalue weighted by atomic mass is 19.3. The van der Waals surface area contributed by atoms with Gasteiger partial charge < -0.3 is 10.6 Å². The van der Waals surface area contributed by atoms with Crippen LogP contribution in [0.3, 0.4) is 0 Å². The maximum absolute atomic E-state index is 13.8. The molecule has 0 unspecified atom stereocenters. The Labute approximate surface area is 156 Å². The van der Waals surface area contributed by atoms with Crippen molar-refractivity contribution in [3.63, 3.8) is 0 Å².